The molecule has 2 aromatic rings. The standard InChI is InChI=1S/C16H17BrClN3O3/c17-13-5-15-12(4-14(13)18)16(24)21(9-19-15)8-11(23)7-20-3-1-2-10(22)6-20/h4-5,9-10,22H,1-3,6-8H2/t10-/m1/s1. The number of Topliss-reactive ketones (excluding diaryl/α,β-unsaturated/α-hetero) is 1. The molecular formula is C16H17BrClN3O3. The number of hydrogen-bond acceptors (Lipinski definition) is 5. The molecule has 1 aliphatic rings. The van der Waals surface area contributed by atoms with Gasteiger partial charge in [0.25, 0.3) is 5.56 Å². The summed E-state index contributed by atoms with van der Waals surface area (Å²) in [4.78, 5) is 30.9. The van der Waals surface area contributed by atoms with Crippen LogP contribution in [0.5, 0.6) is 0 Å². The van der Waals surface area contributed by atoms with E-state index in [9.17, 15) is 14.7 Å². The van der Waals surface area contributed by atoms with Gasteiger partial charge in [-0.2, -0.15) is 0 Å². The number of aromatic nitrogens is 2. The molecule has 0 amide bonds. The summed E-state index contributed by atoms with van der Waals surface area (Å²) in [7, 11) is 0. The molecule has 0 spiro atoms. The number of nitrogens with zero attached hydrogens (tertiary/aromatic N) is 3. The number of aliphatic hydroxyl groups is 1. The monoisotopic (exact) mass is 413 g/mol. The summed E-state index contributed by atoms with van der Waals surface area (Å²) >= 11 is 9.34. The van der Waals surface area contributed by atoms with E-state index in [0.29, 0.717) is 26.9 Å². The van der Waals surface area contributed by atoms with Gasteiger partial charge < -0.3 is 5.11 Å². The fourth-order valence-corrected chi connectivity index (χ4v) is 3.43. The van der Waals surface area contributed by atoms with Crippen molar-refractivity contribution in [3.63, 3.8) is 0 Å². The predicted molar refractivity (Wildman–Crippen MR) is 95.4 cm³/mol. The third-order valence-corrected chi connectivity index (χ3v) is 5.29. The minimum Gasteiger partial charge on any atom is -0.392 e. The molecule has 128 valence electrons. The zero-order valence-electron chi connectivity index (χ0n) is 12.9. The first kappa shape index (κ1) is 17.5. The lowest BCUT2D eigenvalue weighted by Gasteiger charge is -2.29. The zero-order valence-corrected chi connectivity index (χ0v) is 15.3. The summed E-state index contributed by atoms with van der Waals surface area (Å²) < 4.78 is 1.97. The summed E-state index contributed by atoms with van der Waals surface area (Å²) in [6, 6.07) is 3.23. The van der Waals surface area contributed by atoms with E-state index in [-0.39, 0.29) is 30.5 Å². The number of carbonyl (C=O) groups is 1. The minimum absolute atomic E-state index is 0.0396. The summed E-state index contributed by atoms with van der Waals surface area (Å²) in [5.74, 6) is -0.0874. The van der Waals surface area contributed by atoms with Crippen LogP contribution in [0.2, 0.25) is 5.02 Å². The van der Waals surface area contributed by atoms with Crippen LogP contribution in [-0.4, -0.2) is 51.1 Å². The van der Waals surface area contributed by atoms with Crippen molar-refractivity contribution in [2.75, 3.05) is 19.6 Å². The maximum absolute atomic E-state index is 12.5. The topological polar surface area (TPSA) is 75.4 Å². The number of β-amino-alcohol motifs (C(OH)–C–C–N with tert-alkyl or cyclic N) is 1. The first-order valence-corrected chi connectivity index (χ1v) is 8.87. The van der Waals surface area contributed by atoms with Crippen molar-refractivity contribution in [2.24, 2.45) is 0 Å². The molecule has 8 heteroatoms. The lowest BCUT2D eigenvalue weighted by Crippen LogP contribution is -2.42. The maximum atomic E-state index is 12.5. The van der Waals surface area contributed by atoms with Crippen LogP contribution < -0.4 is 5.56 Å². The Balaban J connectivity index is 1.77. The molecule has 6 nitrogen and oxygen atoms in total. The molecule has 0 unspecified atom stereocenters. The van der Waals surface area contributed by atoms with Crippen molar-refractivity contribution in [2.45, 2.75) is 25.5 Å². The van der Waals surface area contributed by atoms with Gasteiger partial charge >= 0.3 is 0 Å². The Morgan fingerprint density at radius 1 is 1.42 bits per heavy atom. The molecule has 1 N–H and O–H groups in total. The van der Waals surface area contributed by atoms with Crippen LogP contribution in [0.1, 0.15) is 12.8 Å². The first-order chi connectivity index (χ1) is 11.4. The van der Waals surface area contributed by atoms with Crippen LogP contribution in [0, 0.1) is 0 Å². The second-order valence-electron chi connectivity index (χ2n) is 6.03. The Bertz CT molecular complexity index is 839. The van der Waals surface area contributed by atoms with Crippen LogP contribution >= 0.6 is 27.5 Å². The number of fused-ring (bicyclic) bond motifs is 1. The van der Waals surface area contributed by atoms with Gasteiger partial charge in [0, 0.05) is 11.0 Å². The summed E-state index contributed by atoms with van der Waals surface area (Å²) in [5, 5.41) is 10.5. The molecular weight excluding hydrogens is 398 g/mol. The van der Waals surface area contributed by atoms with Crippen LogP contribution in [-0.2, 0) is 11.3 Å². The molecule has 0 bridgehead atoms. The molecule has 0 saturated carbocycles. The average Bonchev–Trinajstić information content (AvgIpc) is 2.52. The number of benzene rings is 1. The number of likely N-dealkylation sites (tertiary alicyclic amines) is 1. The van der Waals surface area contributed by atoms with E-state index in [0.717, 1.165) is 19.4 Å². The molecule has 1 saturated heterocycles. The van der Waals surface area contributed by atoms with Gasteiger partial charge in [-0.1, -0.05) is 11.6 Å². The fourth-order valence-electron chi connectivity index (χ4n) is 2.93. The van der Waals surface area contributed by atoms with Crippen LogP contribution in [0.3, 0.4) is 0 Å². The van der Waals surface area contributed by atoms with E-state index in [1.807, 2.05) is 4.90 Å². The highest BCUT2D eigenvalue weighted by atomic mass is 79.9. The number of carbonyl (C=O) groups excluding carboxylic acids is 1. The van der Waals surface area contributed by atoms with Gasteiger partial charge in [0.15, 0.2) is 5.78 Å². The smallest absolute Gasteiger partial charge is 0.261 e. The zero-order chi connectivity index (χ0) is 17.3. The van der Waals surface area contributed by atoms with Crippen LogP contribution in [0.15, 0.2) is 27.7 Å². The van der Waals surface area contributed by atoms with Crippen molar-refractivity contribution in [3.8, 4) is 0 Å². The highest BCUT2D eigenvalue weighted by Gasteiger charge is 2.20. The predicted octanol–water partition coefficient (Wildman–Crippen LogP) is 1.84. The van der Waals surface area contributed by atoms with E-state index in [1.165, 1.54) is 10.9 Å². The number of aliphatic hydroxyl groups excluding tert-OH is 1. The van der Waals surface area contributed by atoms with Crippen molar-refractivity contribution >= 4 is 44.2 Å². The van der Waals surface area contributed by atoms with Gasteiger partial charge in [0.1, 0.15) is 0 Å². The van der Waals surface area contributed by atoms with Crippen LogP contribution in [0.4, 0.5) is 0 Å². The quantitative estimate of drug-likeness (QED) is 0.826. The lowest BCUT2D eigenvalue weighted by atomic mass is 10.1. The molecule has 1 aromatic heterocycles. The van der Waals surface area contributed by atoms with E-state index >= 15 is 0 Å². The first-order valence-electron chi connectivity index (χ1n) is 7.70. The second kappa shape index (κ2) is 7.31. The van der Waals surface area contributed by atoms with E-state index < -0.39 is 0 Å². The van der Waals surface area contributed by atoms with Crippen molar-refractivity contribution < 1.29 is 9.90 Å². The molecule has 1 fully saturated rings. The Morgan fingerprint density at radius 3 is 2.96 bits per heavy atom. The normalized spacial score (nSPS) is 18.9. The van der Waals surface area contributed by atoms with E-state index in [1.54, 1.807) is 12.1 Å². The van der Waals surface area contributed by atoms with Crippen molar-refractivity contribution in [3.05, 3.63) is 38.3 Å². The Labute approximate surface area is 152 Å². The molecule has 3 rings (SSSR count). The Kier molecular flexibility index (Phi) is 5.34. The van der Waals surface area contributed by atoms with E-state index in [2.05, 4.69) is 20.9 Å². The third kappa shape index (κ3) is 3.85. The number of piperidine rings is 1. The van der Waals surface area contributed by atoms with Gasteiger partial charge in [-0.3, -0.25) is 19.1 Å². The van der Waals surface area contributed by atoms with Gasteiger partial charge in [-0.25, -0.2) is 4.98 Å². The second-order valence-corrected chi connectivity index (χ2v) is 7.29. The minimum atomic E-state index is -0.378. The van der Waals surface area contributed by atoms with Gasteiger partial charge in [0.05, 0.1) is 41.4 Å². The molecule has 0 radical (unpaired) electrons. The molecule has 2 heterocycles. The van der Waals surface area contributed by atoms with Gasteiger partial charge in [-0.05, 0) is 47.4 Å². The Morgan fingerprint density at radius 2 is 2.21 bits per heavy atom. The highest BCUT2D eigenvalue weighted by Crippen LogP contribution is 2.25. The molecule has 0 aliphatic carbocycles. The summed E-state index contributed by atoms with van der Waals surface area (Å²) in [5.41, 5.74) is 0.237. The number of hydrogen-bond donors (Lipinski definition) is 1. The number of halogens is 2. The number of rotatable bonds is 4. The summed E-state index contributed by atoms with van der Waals surface area (Å²) in [6.45, 7) is 1.47. The summed E-state index contributed by atoms with van der Waals surface area (Å²) in [6.07, 6.45) is 2.65. The highest BCUT2D eigenvalue weighted by molar-refractivity contribution is 9.10. The molecule has 1 aromatic carbocycles. The third-order valence-electron chi connectivity index (χ3n) is 4.09. The van der Waals surface area contributed by atoms with Gasteiger partial charge in [0.2, 0.25) is 0 Å². The largest absolute Gasteiger partial charge is 0.392 e. The van der Waals surface area contributed by atoms with E-state index in [4.69, 9.17) is 11.6 Å². The van der Waals surface area contributed by atoms with Crippen molar-refractivity contribution in [1.82, 2.24) is 14.5 Å². The molecule has 24 heavy (non-hydrogen) atoms. The Hall–Kier alpha value is -1.28. The SMILES string of the molecule is O=C(CN1CCC[C@@H](O)C1)Cn1cnc2cc(Br)c(Cl)cc2c1=O. The van der Waals surface area contributed by atoms with Crippen molar-refractivity contribution in [1.29, 1.82) is 0 Å². The molecule has 1 atom stereocenters. The molecule has 1 aliphatic heterocycles. The lowest BCUT2D eigenvalue weighted by molar-refractivity contribution is -0.121. The van der Waals surface area contributed by atoms with Gasteiger partial charge in [-0.15, -0.1) is 0 Å². The van der Waals surface area contributed by atoms with Crippen LogP contribution in [0.25, 0.3) is 10.9 Å². The average molecular weight is 415 g/mol. The maximum Gasteiger partial charge on any atom is 0.261 e. The fraction of sp³-hybridized carbons (Fsp3) is 0.438. The number of ketones is 1.